The molecule has 0 heterocycles. The summed E-state index contributed by atoms with van der Waals surface area (Å²) in [5.41, 5.74) is 0.598. The molecule has 0 saturated carbocycles. The molecule has 5 heteroatoms. The van der Waals surface area contributed by atoms with E-state index in [1.165, 1.54) is 12.1 Å². The molecular weight excluding hydrogens is 190 g/mol. The largest absolute Gasteiger partial charge is 0.287 e. The van der Waals surface area contributed by atoms with Gasteiger partial charge in [-0.05, 0) is 5.56 Å². The Hall–Kier alpha value is -1.36. The van der Waals surface area contributed by atoms with Crippen molar-refractivity contribution in [3.05, 3.63) is 39.9 Å². The Morgan fingerprint density at radius 3 is 2.77 bits per heavy atom. The first-order valence-electron chi connectivity index (χ1n) is 3.54. The van der Waals surface area contributed by atoms with E-state index >= 15 is 0 Å². The molecule has 68 valence electrons. The number of carbonyl (C=O) groups is 1. The predicted octanol–water partition coefficient (Wildman–Crippen LogP) is 1.59. The fourth-order valence-electron chi connectivity index (χ4n) is 0.955. The number of benzene rings is 1. The Kier molecular flexibility index (Phi) is 3.02. The van der Waals surface area contributed by atoms with E-state index in [1.54, 1.807) is 12.1 Å². The Bertz CT molecular complexity index is 351. The van der Waals surface area contributed by atoms with Crippen LogP contribution in [0.15, 0.2) is 24.3 Å². The summed E-state index contributed by atoms with van der Waals surface area (Å²) in [6.07, 6.45) is 0.116. The van der Waals surface area contributed by atoms with Crippen LogP contribution in [-0.2, 0) is 11.2 Å². The van der Waals surface area contributed by atoms with E-state index in [9.17, 15) is 14.9 Å². The summed E-state index contributed by atoms with van der Waals surface area (Å²) >= 11 is 3.59. The number of hydrogen-bond donors (Lipinski definition) is 1. The molecule has 0 aliphatic rings. The van der Waals surface area contributed by atoms with Crippen molar-refractivity contribution >= 4 is 23.4 Å². The first-order chi connectivity index (χ1) is 6.09. The van der Waals surface area contributed by atoms with Gasteiger partial charge in [-0.2, -0.15) is 0 Å². The van der Waals surface area contributed by atoms with Crippen molar-refractivity contribution in [2.24, 2.45) is 0 Å². The molecular formula is C8H7NO3S. The number of nitrogens with zero attached hydrogens (tertiary/aromatic N) is 1. The summed E-state index contributed by atoms with van der Waals surface area (Å²) in [5.74, 6) is 0. The van der Waals surface area contributed by atoms with Crippen LogP contribution in [0.3, 0.4) is 0 Å². The molecule has 0 radical (unpaired) electrons. The van der Waals surface area contributed by atoms with Crippen molar-refractivity contribution < 1.29 is 9.72 Å². The third-order valence-electron chi connectivity index (χ3n) is 1.48. The summed E-state index contributed by atoms with van der Waals surface area (Å²) < 4.78 is 0. The normalized spacial score (nSPS) is 9.62. The van der Waals surface area contributed by atoms with E-state index in [0.29, 0.717) is 5.56 Å². The molecule has 0 fully saturated rings. The molecule has 0 amide bonds. The maximum atomic E-state index is 10.6. The fraction of sp³-hybridized carbons (Fsp3) is 0.125. The minimum atomic E-state index is -0.494. The SMILES string of the molecule is O=C(S)Cc1cccc([N+](=O)[O-])c1. The highest BCUT2D eigenvalue weighted by molar-refractivity contribution is 7.96. The Morgan fingerprint density at radius 2 is 2.23 bits per heavy atom. The smallest absolute Gasteiger partial charge is 0.269 e. The molecule has 0 aromatic heterocycles. The van der Waals surface area contributed by atoms with Crippen molar-refractivity contribution in [2.75, 3.05) is 0 Å². The third-order valence-corrected chi connectivity index (χ3v) is 1.63. The molecule has 0 saturated heterocycles. The zero-order valence-electron chi connectivity index (χ0n) is 6.64. The lowest BCUT2D eigenvalue weighted by atomic mass is 10.1. The van der Waals surface area contributed by atoms with Crippen molar-refractivity contribution in [1.29, 1.82) is 0 Å². The average Bonchev–Trinajstić information content (AvgIpc) is 2.03. The van der Waals surface area contributed by atoms with Gasteiger partial charge in [-0.1, -0.05) is 12.1 Å². The molecule has 0 unspecified atom stereocenters. The quantitative estimate of drug-likeness (QED) is 0.454. The van der Waals surface area contributed by atoms with Gasteiger partial charge in [0.05, 0.1) is 4.92 Å². The van der Waals surface area contributed by atoms with Gasteiger partial charge in [0, 0.05) is 18.6 Å². The van der Waals surface area contributed by atoms with Gasteiger partial charge in [0.25, 0.3) is 5.69 Å². The summed E-state index contributed by atoms with van der Waals surface area (Å²) in [7, 11) is 0. The van der Waals surface area contributed by atoms with Crippen LogP contribution in [0.2, 0.25) is 0 Å². The van der Waals surface area contributed by atoms with Gasteiger partial charge in [-0.25, -0.2) is 0 Å². The van der Waals surface area contributed by atoms with Crippen LogP contribution >= 0.6 is 12.6 Å². The van der Waals surface area contributed by atoms with E-state index in [0.717, 1.165) is 0 Å². The van der Waals surface area contributed by atoms with Crippen LogP contribution in [-0.4, -0.2) is 10.0 Å². The van der Waals surface area contributed by atoms with Crippen molar-refractivity contribution in [2.45, 2.75) is 6.42 Å². The standard InChI is InChI=1S/C8H7NO3S/c10-8(13)5-6-2-1-3-7(4-6)9(11)12/h1-4H,5H2,(H,10,13). The number of nitro benzene ring substituents is 1. The highest BCUT2D eigenvalue weighted by atomic mass is 32.1. The first-order valence-corrected chi connectivity index (χ1v) is 3.99. The highest BCUT2D eigenvalue weighted by Gasteiger charge is 2.06. The molecule has 0 N–H and O–H groups in total. The van der Waals surface area contributed by atoms with Crippen molar-refractivity contribution in [3.63, 3.8) is 0 Å². The van der Waals surface area contributed by atoms with E-state index in [-0.39, 0.29) is 17.2 Å². The zero-order valence-corrected chi connectivity index (χ0v) is 7.53. The summed E-state index contributed by atoms with van der Waals surface area (Å²) in [4.78, 5) is 20.4. The Balaban J connectivity index is 2.91. The minimum Gasteiger partial charge on any atom is -0.287 e. The molecule has 13 heavy (non-hydrogen) atoms. The molecule has 0 bridgehead atoms. The number of carbonyl (C=O) groups excluding carboxylic acids is 1. The van der Waals surface area contributed by atoms with E-state index in [4.69, 9.17) is 0 Å². The van der Waals surface area contributed by atoms with E-state index in [2.05, 4.69) is 12.6 Å². The van der Waals surface area contributed by atoms with E-state index < -0.39 is 4.92 Å². The first kappa shape index (κ1) is 9.73. The number of nitro groups is 1. The molecule has 0 spiro atoms. The number of rotatable bonds is 3. The minimum absolute atomic E-state index is 0.00733. The summed E-state index contributed by atoms with van der Waals surface area (Å²) in [6, 6.07) is 5.95. The van der Waals surface area contributed by atoms with Gasteiger partial charge in [-0.3, -0.25) is 14.9 Å². The van der Waals surface area contributed by atoms with Gasteiger partial charge >= 0.3 is 0 Å². The number of hydrogen-bond acceptors (Lipinski definition) is 3. The van der Waals surface area contributed by atoms with Gasteiger partial charge in [0.1, 0.15) is 0 Å². The topological polar surface area (TPSA) is 60.2 Å². The monoisotopic (exact) mass is 197 g/mol. The lowest BCUT2D eigenvalue weighted by Gasteiger charge is -1.96. The van der Waals surface area contributed by atoms with Crippen molar-refractivity contribution in [3.8, 4) is 0 Å². The van der Waals surface area contributed by atoms with Crippen LogP contribution in [0.25, 0.3) is 0 Å². The lowest BCUT2D eigenvalue weighted by molar-refractivity contribution is -0.384. The van der Waals surface area contributed by atoms with Crippen LogP contribution in [0.4, 0.5) is 5.69 Å². The summed E-state index contributed by atoms with van der Waals surface area (Å²) in [6.45, 7) is 0. The maximum absolute atomic E-state index is 10.6. The van der Waals surface area contributed by atoms with Crippen LogP contribution in [0.1, 0.15) is 5.56 Å². The molecule has 1 aromatic carbocycles. The second-order valence-electron chi connectivity index (χ2n) is 2.50. The van der Waals surface area contributed by atoms with Crippen LogP contribution in [0.5, 0.6) is 0 Å². The zero-order chi connectivity index (χ0) is 9.84. The molecule has 0 aliphatic heterocycles. The maximum Gasteiger partial charge on any atom is 0.269 e. The molecule has 1 rings (SSSR count). The Labute approximate surface area is 80.1 Å². The molecule has 4 nitrogen and oxygen atoms in total. The Morgan fingerprint density at radius 1 is 1.54 bits per heavy atom. The fourth-order valence-corrected chi connectivity index (χ4v) is 1.14. The van der Waals surface area contributed by atoms with Crippen molar-refractivity contribution in [1.82, 2.24) is 0 Å². The number of thiol groups is 1. The van der Waals surface area contributed by atoms with Crippen LogP contribution < -0.4 is 0 Å². The second kappa shape index (κ2) is 4.04. The average molecular weight is 197 g/mol. The summed E-state index contributed by atoms with van der Waals surface area (Å²) in [5, 5.41) is 10.0. The van der Waals surface area contributed by atoms with Gasteiger partial charge < -0.3 is 0 Å². The third kappa shape index (κ3) is 2.87. The van der Waals surface area contributed by atoms with Gasteiger partial charge in [0.2, 0.25) is 0 Å². The molecule has 0 atom stereocenters. The number of non-ortho nitro benzene ring substituents is 1. The van der Waals surface area contributed by atoms with E-state index in [1.807, 2.05) is 0 Å². The van der Waals surface area contributed by atoms with Gasteiger partial charge in [-0.15, -0.1) is 12.6 Å². The lowest BCUT2D eigenvalue weighted by Crippen LogP contribution is -1.95. The molecule has 1 aromatic rings. The predicted molar refractivity (Wildman–Crippen MR) is 50.8 cm³/mol. The van der Waals surface area contributed by atoms with Crippen LogP contribution in [0, 0.1) is 10.1 Å². The molecule has 0 aliphatic carbocycles. The highest BCUT2D eigenvalue weighted by Crippen LogP contribution is 2.13. The second-order valence-corrected chi connectivity index (χ2v) is 3.00. The van der Waals surface area contributed by atoms with Gasteiger partial charge in [0.15, 0.2) is 5.12 Å².